The molecule has 1 aromatic carbocycles. The van der Waals surface area contributed by atoms with E-state index in [0.29, 0.717) is 17.7 Å². The first-order chi connectivity index (χ1) is 11.6. The number of halogens is 1. The summed E-state index contributed by atoms with van der Waals surface area (Å²) in [6, 6.07) is 9.42. The van der Waals surface area contributed by atoms with Crippen LogP contribution < -0.4 is 5.11 Å². The van der Waals surface area contributed by atoms with Crippen molar-refractivity contribution in [1.29, 1.82) is 0 Å². The van der Waals surface area contributed by atoms with Crippen molar-refractivity contribution in [3.63, 3.8) is 0 Å². The standard InChI is InChI=1S/C17H15FN2O3S/c18-12-5-2-1-4-11(12)14-10-13(15-6-3-9-24-15)19-20(14)16(21)7-8-17(22)23/h1-6,9,14H,7-8,10H2,(H,22,23)/p-1/t14-/m1/s1. The molecule has 1 atom stereocenters. The SMILES string of the molecule is O=C([O-])CCC(=O)N1N=C(c2cccs2)C[C@@H]1c1ccccc1F. The molecule has 124 valence electrons. The Kier molecular flexibility index (Phi) is 4.71. The average molecular weight is 345 g/mol. The van der Waals surface area contributed by atoms with E-state index in [9.17, 15) is 19.1 Å². The third-order valence-corrected chi connectivity index (χ3v) is 4.70. The predicted octanol–water partition coefficient (Wildman–Crippen LogP) is 2.10. The lowest BCUT2D eigenvalue weighted by atomic mass is 10.0. The van der Waals surface area contributed by atoms with Crippen LogP contribution in [0.2, 0.25) is 0 Å². The van der Waals surface area contributed by atoms with E-state index in [1.807, 2.05) is 17.5 Å². The number of aliphatic carboxylic acids is 1. The molecule has 1 amide bonds. The summed E-state index contributed by atoms with van der Waals surface area (Å²) in [6.07, 6.45) is -0.226. The van der Waals surface area contributed by atoms with E-state index < -0.39 is 23.7 Å². The lowest BCUT2D eigenvalue weighted by molar-refractivity contribution is -0.305. The largest absolute Gasteiger partial charge is 0.550 e. The predicted molar refractivity (Wildman–Crippen MR) is 85.7 cm³/mol. The summed E-state index contributed by atoms with van der Waals surface area (Å²) in [6.45, 7) is 0. The van der Waals surface area contributed by atoms with Crippen LogP contribution in [-0.2, 0) is 9.59 Å². The van der Waals surface area contributed by atoms with Crippen LogP contribution in [-0.4, -0.2) is 22.6 Å². The molecule has 0 saturated heterocycles. The maximum Gasteiger partial charge on any atom is 0.243 e. The van der Waals surface area contributed by atoms with Gasteiger partial charge in [0.25, 0.3) is 0 Å². The second-order valence-corrected chi connectivity index (χ2v) is 6.32. The number of carboxylic acids is 1. The molecule has 1 aliphatic heterocycles. The van der Waals surface area contributed by atoms with Crippen molar-refractivity contribution in [2.45, 2.75) is 25.3 Å². The van der Waals surface area contributed by atoms with E-state index in [2.05, 4.69) is 5.10 Å². The minimum absolute atomic E-state index is 0.228. The van der Waals surface area contributed by atoms with E-state index in [1.54, 1.807) is 18.2 Å². The number of carbonyl (C=O) groups is 2. The van der Waals surface area contributed by atoms with Crippen LogP contribution in [0.3, 0.4) is 0 Å². The molecule has 2 heterocycles. The van der Waals surface area contributed by atoms with Gasteiger partial charge in [0.1, 0.15) is 5.82 Å². The van der Waals surface area contributed by atoms with Crippen LogP contribution in [0.1, 0.15) is 35.7 Å². The highest BCUT2D eigenvalue weighted by molar-refractivity contribution is 7.12. The van der Waals surface area contributed by atoms with E-state index in [1.165, 1.54) is 22.4 Å². The Morgan fingerprint density at radius 1 is 1.25 bits per heavy atom. The normalized spacial score (nSPS) is 17.0. The number of amides is 1. The third kappa shape index (κ3) is 3.35. The van der Waals surface area contributed by atoms with Gasteiger partial charge in [0, 0.05) is 24.4 Å². The number of hydrogen-bond donors (Lipinski definition) is 0. The zero-order chi connectivity index (χ0) is 17.1. The monoisotopic (exact) mass is 345 g/mol. The van der Waals surface area contributed by atoms with Gasteiger partial charge in [0.2, 0.25) is 5.91 Å². The summed E-state index contributed by atoms with van der Waals surface area (Å²) >= 11 is 1.49. The van der Waals surface area contributed by atoms with E-state index >= 15 is 0 Å². The van der Waals surface area contributed by atoms with E-state index in [4.69, 9.17) is 0 Å². The quantitative estimate of drug-likeness (QED) is 0.833. The summed E-state index contributed by atoms with van der Waals surface area (Å²) in [5.74, 6) is -2.17. The molecule has 0 saturated carbocycles. The molecule has 0 bridgehead atoms. The second kappa shape index (κ2) is 6.92. The molecule has 0 spiro atoms. The van der Waals surface area contributed by atoms with Gasteiger partial charge >= 0.3 is 0 Å². The summed E-state index contributed by atoms with van der Waals surface area (Å²) < 4.78 is 14.2. The van der Waals surface area contributed by atoms with Crippen molar-refractivity contribution < 1.29 is 19.1 Å². The molecule has 0 N–H and O–H groups in total. The van der Waals surface area contributed by atoms with Crippen molar-refractivity contribution in [2.75, 3.05) is 0 Å². The summed E-state index contributed by atoms with van der Waals surface area (Å²) in [5.41, 5.74) is 1.06. The van der Waals surface area contributed by atoms with Crippen molar-refractivity contribution in [2.24, 2.45) is 5.10 Å². The molecule has 0 unspecified atom stereocenters. The number of carboxylic acid groups (broad SMARTS) is 1. The first kappa shape index (κ1) is 16.3. The highest BCUT2D eigenvalue weighted by atomic mass is 32.1. The molecule has 0 aliphatic carbocycles. The Morgan fingerprint density at radius 2 is 2.04 bits per heavy atom. The van der Waals surface area contributed by atoms with E-state index in [0.717, 1.165) is 4.88 Å². The topological polar surface area (TPSA) is 72.8 Å². The van der Waals surface area contributed by atoms with Gasteiger partial charge in [-0.15, -0.1) is 11.3 Å². The molecular formula is C17H14FN2O3S-. The Balaban J connectivity index is 1.91. The number of thiophene rings is 1. The maximum absolute atomic E-state index is 14.2. The van der Waals surface area contributed by atoms with Crippen LogP contribution in [0.5, 0.6) is 0 Å². The number of benzene rings is 1. The zero-order valence-electron chi connectivity index (χ0n) is 12.6. The fourth-order valence-corrected chi connectivity index (χ4v) is 3.36. The number of nitrogens with zero attached hydrogens (tertiary/aromatic N) is 2. The van der Waals surface area contributed by atoms with Gasteiger partial charge in [-0.05, 0) is 23.9 Å². The highest BCUT2D eigenvalue weighted by Gasteiger charge is 2.34. The first-order valence-electron chi connectivity index (χ1n) is 7.44. The van der Waals surface area contributed by atoms with Crippen LogP contribution in [0, 0.1) is 5.82 Å². The van der Waals surface area contributed by atoms with Crippen molar-refractivity contribution in [3.8, 4) is 0 Å². The Bertz CT molecular complexity index is 789. The fourth-order valence-electron chi connectivity index (χ4n) is 2.64. The minimum atomic E-state index is -1.30. The highest BCUT2D eigenvalue weighted by Crippen LogP contribution is 2.35. The number of hydrazone groups is 1. The summed E-state index contributed by atoms with van der Waals surface area (Å²) in [7, 11) is 0. The molecule has 3 rings (SSSR count). The van der Waals surface area contributed by atoms with Gasteiger partial charge < -0.3 is 9.90 Å². The summed E-state index contributed by atoms with van der Waals surface area (Å²) in [5, 5.41) is 18.0. The van der Waals surface area contributed by atoms with Crippen molar-refractivity contribution >= 4 is 28.9 Å². The first-order valence-corrected chi connectivity index (χ1v) is 8.32. The van der Waals surface area contributed by atoms with Gasteiger partial charge in [-0.3, -0.25) is 4.79 Å². The lowest BCUT2D eigenvalue weighted by Crippen LogP contribution is -2.30. The van der Waals surface area contributed by atoms with Gasteiger partial charge in [0.05, 0.1) is 16.6 Å². The molecule has 1 aliphatic rings. The van der Waals surface area contributed by atoms with Gasteiger partial charge in [0.15, 0.2) is 0 Å². The molecule has 7 heteroatoms. The number of carbonyl (C=O) groups excluding carboxylic acids is 2. The van der Waals surface area contributed by atoms with Crippen LogP contribution in [0.4, 0.5) is 4.39 Å². The molecular weight excluding hydrogens is 331 g/mol. The van der Waals surface area contributed by atoms with Crippen molar-refractivity contribution in [3.05, 3.63) is 58.0 Å². The van der Waals surface area contributed by atoms with Gasteiger partial charge in [-0.25, -0.2) is 9.40 Å². The van der Waals surface area contributed by atoms with E-state index in [-0.39, 0.29) is 12.8 Å². The Labute approximate surface area is 142 Å². The molecule has 1 aromatic heterocycles. The number of hydrogen-bond acceptors (Lipinski definition) is 5. The smallest absolute Gasteiger partial charge is 0.243 e. The molecule has 0 radical (unpaired) electrons. The summed E-state index contributed by atoms with van der Waals surface area (Å²) in [4.78, 5) is 23.9. The average Bonchev–Trinajstić information content (AvgIpc) is 3.22. The number of rotatable bonds is 5. The van der Waals surface area contributed by atoms with Gasteiger partial charge in [-0.1, -0.05) is 24.3 Å². The van der Waals surface area contributed by atoms with Crippen LogP contribution in [0.25, 0.3) is 0 Å². The zero-order valence-corrected chi connectivity index (χ0v) is 13.5. The van der Waals surface area contributed by atoms with Crippen LogP contribution in [0.15, 0.2) is 46.9 Å². The Hall–Kier alpha value is -2.54. The lowest BCUT2D eigenvalue weighted by Gasteiger charge is -2.22. The van der Waals surface area contributed by atoms with Gasteiger partial charge in [-0.2, -0.15) is 5.10 Å². The second-order valence-electron chi connectivity index (χ2n) is 5.38. The fraction of sp³-hybridized carbons (Fsp3) is 0.235. The van der Waals surface area contributed by atoms with Crippen LogP contribution >= 0.6 is 11.3 Å². The maximum atomic E-state index is 14.2. The minimum Gasteiger partial charge on any atom is -0.550 e. The molecule has 24 heavy (non-hydrogen) atoms. The third-order valence-electron chi connectivity index (χ3n) is 3.78. The molecule has 0 fully saturated rings. The molecule has 5 nitrogen and oxygen atoms in total. The van der Waals surface area contributed by atoms with Crippen molar-refractivity contribution in [1.82, 2.24) is 5.01 Å². The molecule has 2 aromatic rings. The Morgan fingerprint density at radius 3 is 2.71 bits per heavy atom.